The third-order valence-corrected chi connectivity index (χ3v) is 2.62. The largest absolute Gasteiger partial charge is 0.494 e. The van der Waals surface area contributed by atoms with Gasteiger partial charge < -0.3 is 5.11 Å². The first-order chi connectivity index (χ1) is 9.69. The Balaban J connectivity index is 2.71. The number of rotatable bonds is 2. The van der Waals surface area contributed by atoms with Gasteiger partial charge in [-0.2, -0.15) is 13.2 Å². The zero-order valence-corrected chi connectivity index (χ0v) is 10.2. The molecule has 2 rings (SSSR count). The maximum Gasteiger partial charge on any atom is 0.406 e. The molecule has 2 N–H and O–H groups in total. The van der Waals surface area contributed by atoms with Crippen LogP contribution in [0.25, 0.3) is 11.1 Å². The van der Waals surface area contributed by atoms with Crippen LogP contribution < -0.4 is 11.2 Å². The summed E-state index contributed by atoms with van der Waals surface area (Å²) in [4.78, 5) is 24.7. The van der Waals surface area contributed by atoms with Gasteiger partial charge in [0.25, 0.3) is 5.56 Å². The molecule has 1 aromatic heterocycles. The molecule has 0 aliphatic rings. The number of hydrogen-bond donors (Lipinski definition) is 2. The molecular weight excluding hydrogens is 296 g/mol. The van der Waals surface area contributed by atoms with Crippen molar-refractivity contribution >= 4 is 0 Å². The minimum Gasteiger partial charge on any atom is -0.494 e. The van der Waals surface area contributed by atoms with E-state index in [-0.39, 0.29) is 10.1 Å². The Labute approximate surface area is 114 Å². The van der Waals surface area contributed by atoms with Crippen molar-refractivity contribution in [2.75, 3.05) is 0 Å². The fourth-order valence-corrected chi connectivity index (χ4v) is 1.79. The van der Waals surface area contributed by atoms with Gasteiger partial charge in [-0.15, -0.1) is 0 Å². The lowest BCUT2D eigenvalue weighted by Gasteiger charge is -2.13. The number of halogens is 4. The van der Waals surface area contributed by atoms with E-state index >= 15 is 0 Å². The van der Waals surface area contributed by atoms with Crippen LogP contribution in [0.15, 0.2) is 33.9 Å². The monoisotopic (exact) mass is 304 g/mol. The van der Waals surface area contributed by atoms with Gasteiger partial charge in [-0.05, 0) is 17.7 Å². The number of benzene rings is 1. The summed E-state index contributed by atoms with van der Waals surface area (Å²) in [5.74, 6) is -1.92. The van der Waals surface area contributed by atoms with E-state index in [1.54, 1.807) is 4.98 Å². The Hall–Kier alpha value is -2.58. The summed E-state index contributed by atoms with van der Waals surface area (Å²) < 4.78 is 50.2. The summed E-state index contributed by atoms with van der Waals surface area (Å²) >= 11 is 0. The summed E-state index contributed by atoms with van der Waals surface area (Å²) in [7, 11) is 0. The van der Waals surface area contributed by atoms with Crippen molar-refractivity contribution in [2.45, 2.75) is 12.7 Å². The molecule has 0 saturated carbocycles. The molecule has 112 valence electrons. The number of aromatic amines is 1. The number of aromatic hydroxyl groups is 1. The molecule has 5 nitrogen and oxygen atoms in total. The summed E-state index contributed by atoms with van der Waals surface area (Å²) in [6.45, 7) is -1.78. The van der Waals surface area contributed by atoms with Gasteiger partial charge in [0.1, 0.15) is 17.9 Å². The maximum absolute atomic E-state index is 13.1. The van der Waals surface area contributed by atoms with Gasteiger partial charge in [0.15, 0.2) is 0 Å². The van der Waals surface area contributed by atoms with Crippen molar-refractivity contribution < 1.29 is 22.7 Å². The molecule has 0 amide bonds. The first-order valence-corrected chi connectivity index (χ1v) is 5.58. The van der Waals surface area contributed by atoms with Crippen molar-refractivity contribution in [3.63, 3.8) is 0 Å². The number of aromatic nitrogens is 2. The van der Waals surface area contributed by atoms with Crippen molar-refractivity contribution in [2.24, 2.45) is 0 Å². The van der Waals surface area contributed by atoms with E-state index in [1.807, 2.05) is 0 Å². The second-order valence-corrected chi connectivity index (χ2v) is 4.17. The third-order valence-electron chi connectivity index (χ3n) is 2.62. The van der Waals surface area contributed by atoms with Crippen LogP contribution in [0.3, 0.4) is 0 Å². The Bertz CT molecular complexity index is 792. The highest BCUT2D eigenvalue weighted by Gasteiger charge is 2.31. The molecule has 0 unspecified atom stereocenters. The summed E-state index contributed by atoms with van der Waals surface area (Å²) in [5.41, 5.74) is -3.28. The van der Waals surface area contributed by atoms with Gasteiger partial charge in [-0.1, -0.05) is 12.1 Å². The lowest BCUT2D eigenvalue weighted by Crippen LogP contribution is -2.34. The number of alkyl halides is 3. The normalized spacial score (nSPS) is 11.6. The fraction of sp³-hybridized carbons (Fsp3) is 0.167. The molecule has 9 heteroatoms. The van der Waals surface area contributed by atoms with Gasteiger partial charge in [-0.3, -0.25) is 14.3 Å². The van der Waals surface area contributed by atoms with Crippen molar-refractivity contribution in [3.05, 3.63) is 50.9 Å². The molecule has 0 bridgehead atoms. The average molecular weight is 304 g/mol. The average Bonchev–Trinajstić information content (AvgIpc) is 2.33. The molecule has 0 saturated heterocycles. The van der Waals surface area contributed by atoms with Crippen LogP contribution in [-0.4, -0.2) is 20.8 Å². The first-order valence-electron chi connectivity index (χ1n) is 5.58. The standard InChI is InChI=1S/C12H8F4N2O3/c13-7-3-1-2-6(4-7)8-9(19)17-11(21)18(10(8)20)5-12(14,15)16/h1-4,20H,5H2,(H,17,19,21). The Kier molecular flexibility index (Phi) is 3.58. The number of hydrogen-bond acceptors (Lipinski definition) is 3. The smallest absolute Gasteiger partial charge is 0.406 e. The molecule has 0 radical (unpaired) electrons. The summed E-state index contributed by atoms with van der Waals surface area (Å²) in [5, 5.41) is 9.78. The molecule has 0 spiro atoms. The predicted octanol–water partition coefficient (Wildman–Crippen LogP) is 1.61. The van der Waals surface area contributed by atoms with Crippen LogP contribution in [0.2, 0.25) is 0 Å². The minimum absolute atomic E-state index is 0.0400. The first kappa shape index (κ1) is 14.8. The molecule has 1 heterocycles. The number of nitrogens with zero attached hydrogens (tertiary/aromatic N) is 1. The second kappa shape index (κ2) is 5.08. The van der Waals surface area contributed by atoms with E-state index in [0.717, 1.165) is 12.1 Å². The molecule has 0 fully saturated rings. The molecule has 1 aromatic carbocycles. The molecule has 21 heavy (non-hydrogen) atoms. The maximum atomic E-state index is 13.1. The van der Waals surface area contributed by atoms with E-state index in [2.05, 4.69) is 0 Å². The van der Waals surface area contributed by atoms with E-state index in [1.165, 1.54) is 12.1 Å². The molecular formula is C12H8F4N2O3. The van der Waals surface area contributed by atoms with Crippen LogP contribution >= 0.6 is 0 Å². The topological polar surface area (TPSA) is 75.1 Å². The van der Waals surface area contributed by atoms with Crippen LogP contribution in [0, 0.1) is 5.82 Å². The second-order valence-electron chi connectivity index (χ2n) is 4.17. The molecule has 2 aromatic rings. The Morgan fingerprint density at radius 2 is 1.90 bits per heavy atom. The highest BCUT2D eigenvalue weighted by Crippen LogP contribution is 2.26. The van der Waals surface area contributed by atoms with Crippen LogP contribution in [0.5, 0.6) is 5.88 Å². The van der Waals surface area contributed by atoms with Gasteiger partial charge >= 0.3 is 11.9 Å². The lowest BCUT2D eigenvalue weighted by atomic mass is 10.1. The van der Waals surface area contributed by atoms with Gasteiger partial charge in [0, 0.05) is 0 Å². The minimum atomic E-state index is -4.78. The fourth-order valence-electron chi connectivity index (χ4n) is 1.79. The van der Waals surface area contributed by atoms with E-state index in [9.17, 15) is 32.3 Å². The van der Waals surface area contributed by atoms with Crippen LogP contribution in [-0.2, 0) is 6.54 Å². The Morgan fingerprint density at radius 3 is 2.48 bits per heavy atom. The van der Waals surface area contributed by atoms with Crippen LogP contribution in [0.1, 0.15) is 0 Å². The molecule has 0 aliphatic heterocycles. The van der Waals surface area contributed by atoms with Crippen molar-refractivity contribution in [1.29, 1.82) is 0 Å². The molecule has 0 atom stereocenters. The van der Waals surface area contributed by atoms with E-state index in [0.29, 0.717) is 0 Å². The quantitative estimate of drug-likeness (QED) is 0.828. The van der Waals surface area contributed by atoms with E-state index < -0.39 is 41.2 Å². The van der Waals surface area contributed by atoms with Gasteiger partial charge in [-0.25, -0.2) is 9.18 Å². The number of nitrogens with one attached hydrogen (secondary N) is 1. The molecule has 0 aliphatic carbocycles. The van der Waals surface area contributed by atoms with Gasteiger partial charge in [0.2, 0.25) is 5.88 Å². The lowest BCUT2D eigenvalue weighted by molar-refractivity contribution is -0.142. The Morgan fingerprint density at radius 1 is 1.24 bits per heavy atom. The third kappa shape index (κ3) is 3.12. The highest BCUT2D eigenvalue weighted by molar-refractivity contribution is 5.67. The predicted molar refractivity (Wildman–Crippen MR) is 64.4 cm³/mol. The van der Waals surface area contributed by atoms with Crippen molar-refractivity contribution in [3.8, 4) is 17.0 Å². The zero-order chi connectivity index (χ0) is 15.8. The summed E-state index contributed by atoms with van der Waals surface area (Å²) in [6, 6.07) is 4.34. The van der Waals surface area contributed by atoms with Gasteiger partial charge in [0.05, 0.1) is 0 Å². The van der Waals surface area contributed by atoms with E-state index in [4.69, 9.17) is 0 Å². The highest BCUT2D eigenvalue weighted by atomic mass is 19.4. The zero-order valence-electron chi connectivity index (χ0n) is 10.2. The number of H-pyrrole nitrogens is 1. The van der Waals surface area contributed by atoms with Crippen LogP contribution in [0.4, 0.5) is 17.6 Å². The van der Waals surface area contributed by atoms with Crippen molar-refractivity contribution in [1.82, 2.24) is 9.55 Å². The SMILES string of the molecule is O=c1[nH]c(=O)n(CC(F)(F)F)c(O)c1-c1cccc(F)c1. The summed E-state index contributed by atoms with van der Waals surface area (Å²) in [6.07, 6.45) is -4.78.